The van der Waals surface area contributed by atoms with Crippen LogP contribution in [-0.2, 0) is 10.0 Å². The van der Waals surface area contributed by atoms with E-state index >= 15 is 0 Å². The molecule has 1 amide bonds. The molecule has 0 aliphatic carbocycles. The van der Waals surface area contributed by atoms with Gasteiger partial charge in [0.05, 0.1) is 10.6 Å². The van der Waals surface area contributed by atoms with Gasteiger partial charge in [-0.3, -0.25) is 9.10 Å². The van der Waals surface area contributed by atoms with Crippen molar-refractivity contribution in [1.29, 1.82) is 0 Å². The van der Waals surface area contributed by atoms with Gasteiger partial charge in [0.1, 0.15) is 0 Å². The van der Waals surface area contributed by atoms with Gasteiger partial charge in [-0.05, 0) is 67.4 Å². The third-order valence-corrected chi connectivity index (χ3v) is 6.67. The molecule has 0 heterocycles. The van der Waals surface area contributed by atoms with Gasteiger partial charge in [-0.15, -0.1) is 0 Å². The van der Waals surface area contributed by atoms with Crippen LogP contribution in [0.3, 0.4) is 0 Å². The average Bonchev–Trinajstić information content (AvgIpc) is 2.70. The highest BCUT2D eigenvalue weighted by atomic mass is 35.5. The Kier molecular flexibility index (Phi) is 5.96. The normalized spacial score (nSPS) is 11.2. The van der Waals surface area contributed by atoms with E-state index in [4.69, 9.17) is 11.6 Å². The molecule has 3 rings (SSSR count). The van der Waals surface area contributed by atoms with E-state index in [1.54, 1.807) is 67.6 Å². The van der Waals surface area contributed by atoms with Crippen molar-refractivity contribution < 1.29 is 13.2 Å². The topological polar surface area (TPSA) is 66.5 Å². The fourth-order valence-corrected chi connectivity index (χ4v) is 4.41. The molecule has 3 aromatic carbocycles. The minimum absolute atomic E-state index is 0.208. The maximum absolute atomic E-state index is 12.8. The molecule has 0 fully saturated rings. The number of halogens is 1. The maximum Gasteiger partial charge on any atom is 0.264 e. The smallest absolute Gasteiger partial charge is 0.264 e. The summed E-state index contributed by atoms with van der Waals surface area (Å²) in [4.78, 5) is 12.9. The zero-order chi connectivity index (χ0) is 21.2. The Morgan fingerprint density at radius 2 is 1.62 bits per heavy atom. The molecule has 0 atom stereocenters. The molecule has 0 radical (unpaired) electrons. The average molecular weight is 429 g/mol. The lowest BCUT2D eigenvalue weighted by molar-refractivity contribution is 0.102. The number of rotatable bonds is 5. The molecule has 0 bridgehead atoms. The van der Waals surface area contributed by atoms with Gasteiger partial charge in [-0.1, -0.05) is 35.9 Å². The quantitative estimate of drug-likeness (QED) is 0.619. The fourth-order valence-electron chi connectivity index (χ4n) is 2.95. The zero-order valence-electron chi connectivity index (χ0n) is 16.3. The molecular formula is C22H21ClN2O3S. The molecule has 0 spiro atoms. The maximum atomic E-state index is 12.8. The molecule has 1 N–H and O–H groups in total. The lowest BCUT2D eigenvalue weighted by Gasteiger charge is -2.22. The van der Waals surface area contributed by atoms with Crippen molar-refractivity contribution in [3.63, 3.8) is 0 Å². The number of amides is 1. The highest BCUT2D eigenvalue weighted by Crippen LogP contribution is 2.27. The van der Waals surface area contributed by atoms with Gasteiger partial charge in [0, 0.05) is 23.3 Å². The Morgan fingerprint density at radius 1 is 0.931 bits per heavy atom. The molecule has 150 valence electrons. The second-order valence-electron chi connectivity index (χ2n) is 6.70. The lowest BCUT2D eigenvalue weighted by atomic mass is 10.1. The Labute approximate surface area is 176 Å². The van der Waals surface area contributed by atoms with Crippen LogP contribution in [0.25, 0.3) is 0 Å². The standard InChI is InChI=1S/C22H21ClN2O3S/c1-15-9-11-18(23)14-20(15)24-22(26)17-10-12-21(16(2)13-17)25(3)29(27,28)19-7-5-4-6-8-19/h4-14H,1-3H3,(H,24,26). The minimum atomic E-state index is -3.69. The van der Waals surface area contributed by atoms with Gasteiger partial charge in [-0.25, -0.2) is 8.42 Å². The molecule has 7 heteroatoms. The first-order valence-corrected chi connectivity index (χ1v) is 10.7. The SMILES string of the molecule is Cc1ccc(Cl)cc1NC(=O)c1ccc(N(C)S(=O)(=O)c2ccccc2)c(C)c1. The van der Waals surface area contributed by atoms with Gasteiger partial charge in [0.25, 0.3) is 15.9 Å². The van der Waals surface area contributed by atoms with E-state index in [0.717, 1.165) is 5.56 Å². The summed E-state index contributed by atoms with van der Waals surface area (Å²) in [6, 6.07) is 18.4. The van der Waals surface area contributed by atoms with Gasteiger partial charge in [-0.2, -0.15) is 0 Å². The summed E-state index contributed by atoms with van der Waals surface area (Å²) in [6.07, 6.45) is 0. The number of carbonyl (C=O) groups excluding carboxylic acids is 1. The monoisotopic (exact) mass is 428 g/mol. The summed E-state index contributed by atoms with van der Waals surface area (Å²) in [6.45, 7) is 3.65. The lowest BCUT2D eigenvalue weighted by Crippen LogP contribution is -2.27. The first-order valence-electron chi connectivity index (χ1n) is 8.92. The minimum Gasteiger partial charge on any atom is -0.322 e. The number of hydrogen-bond acceptors (Lipinski definition) is 3. The largest absolute Gasteiger partial charge is 0.322 e. The molecule has 0 aliphatic rings. The highest BCUT2D eigenvalue weighted by molar-refractivity contribution is 7.92. The molecule has 0 aliphatic heterocycles. The predicted octanol–water partition coefficient (Wildman–Crippen LogP) is 5.03. The fraction of sp³-hybridized carbons (Fsp3) is 0.136. The number of sulfonamides is 1. The first kappa shape index (κ1) is 20.9. The number of carbonyl (C=O) groups is 1. The Balaban J connectivity index is 1.86. The van der Waals surface area contributed by atoms with Crippen molar-refractivity contribution in [3.05, 3.63) is 88.4 Å². The molecular weight excluding hydrogens is 408 g/mol. The van der Waals surface area contributed by atoms with Gasteiger partial charge < -0.3 is 5.32 Å². The molecule has 5 nitrogen and oxygen atoms in total. The van der Waals surface area contributed by atoms with Crippen LogP contribution in [0.5, 0.6) is 0 Å². The van der Waals surface area contributed by atoms with E-state index in [0.29, 0.717) is 27.5 Å². The molecule has 0 aromatic heterocycles. The van der Waals surface area contributed by atoms with Crippen molar-refractivity contribution in [1.82, 2.24) is 0 Å². The summed E-state index contributed by atoms with van der Waals surface area (Å²) < 4.78 is 26.9. The van der Waals surface area contributed by atoms with E-state index < -0.39 is 10.0 Å². The van der Waals surface area contributed by atoms with Crippen LogP contribution in [0, 0.1) is 13.8 Å². The number of nitrogens with zero attached hydrogens (tertiary/aromatic N) is 1. The van der Waals surface area contributed by atoms with Crippen LogP contribution >= 0.6 is 11.6 Å². The van der Waals surface area contributed by atoms with E-state index in [2.05, 4.69) is 5.32 Å². The van der Waals surface area contributed by atoms with Crippen molar-refractivity contribution in [3.8, 4) is 0 Å². The number of anilines is 2. The summed E-state index contributed by atoms with van der Waals surface area (Å²) in [5.41, 5.74) is 3.13. The van der Waals surface area contributed by atoms with Gasteiger partial charge in [0.2, 0.25) is 0 Å². The first-order chi connectivity index (χ1) is 13.7. The van der Waals surface area contributed by atoms with Crippen LogP contribution in [0.2, 0.25) is 5.02 Å². The molecule has 0 unspecified atom stereocenters. The van der Waals surface area contributed by atoms with Crippen LogP contribution < -0.4 is 9.62 Å². The van der Waals surface area contributed by atoms with Crippen molar-refractivity contribution in [2.75, 3.05) is 16.7 Å². The molecule has 29 heavy (non-hydrogen) atoms. The van der Waals surface area contributed by atoms with Crippen molar-refractivity contribution in [2.24, 2.45) is 0 Å². The van der Waals surface area contributed by atoms with Crippen LogP contribution in [0.4, 0.5) is 11.4 Å². The van der Waals surface area contributed by atoms with Crippen LogP contribution in [-0.4, -0.2) is 21.4 Å². The van der Waals surface area contributed by atoms with Crippen molar-refractivity contribution in [2.45, 2.75) is 18.7 Å². The number of nitrogens with one attached hydrogen (secondary N) is 1. The predicted molar refractivity (Wildman–Crippen MR) is 117 cm³/mol. The summed E-state index contributed by atoms with van der Waals surface area (Å²) in [5, 5.41) is 3.38. The summed E-state index contributed by atoms with van der Waals surface area (Å²) in [5.74, 6) is -0.293. The van der Waals surface area contributed by atoms with E-state index in [1.165, 1.54) is 11.4 Å². The molecule has 0 saturated carbocycles. The zero-order valence-corrected chi connectivity index (χ0v) is 17.9. The highest BCUT2D eigenvalue weighted by Gasteiger charge is 2.22. The number of aryl methyl sites for hydroxylation is 2. The molecule has 3 aromatic rings. The van der Waals surface area contributed by atoms with Crippen LogP contribution in [0.15, 0.2) is 71.6 Å². The Morgan fingerprint density at radius 3 is 2.28 bits per heavy atom. The second kappa shape index (κ2) is 8.27. The van der Waals surface area contributed by atoms with E-state index in [1.807, 2.05) is 13.0 Å². The second-order valence-corrected chi connectivity index (χ2v) is 9.11. The summed E-state index contributed by atoms with van der Waals surface area (Å²) >= 11 is 6.01. The third kappa shape index (κ3) is 4.44. The third-order valence-electron chi connectivity index (χ3n) is 4.65. The van der Waals surface area contributed by atoms with E-state index in [9.17, 15) is 13.2 Å². The number of hydrogen-bond donors (Lipinski definition) is 1. The summed E-state index contributed by atoms with van der Waals surface area (Å²) in [7, 11) is -2.19. The number of benzene rings is 3. The Bertz CT molecular complexity index is 1160. The van der Waals surface area contributed by atoms with Crippen molar-refractivity contribution >= 4 is 38.9 Å². The molecule has 0 saturated heterocycles. The van der Waals surface area contributed by atoms with E-state index in [-0.39, 0.29) is 10.8 Å². The van der Waals surface area contributed by atoms with Gasteiger partial charge >= 0.3 is 0 Å². The van der Waals surface area contributed by atoms with Crippen LogP contribution in [0.1, 0.15) is 21.5 Å². The van der Waals surface area contributed by atoms with Gasteiger partial charge in [0.15, 0.2) is 0 Å². The Hall–Kier alpha value is -2.83.